The average molecular weight is 908 g/mol. The van der Waals surface area contributed by atoms with E-state index in [1.54, 1.807) is 22.8 Å². The Morgan fingerprint density at radius 2 is 0.826 bits per heavy atom. The molecular formula is C66H44N2Si. The van der Waals surface area contributed by atoms with Gasteiger partial charge in [0.2, 0.25) is 0 Å². The van der Waals surface area contributed by atoms with E-state index in [2.05, 4.69) is 6.07 Å². The van der Waals surface area contributed by atoms with Crippen molar-refractivity contribution in [3.05, 3.63) is 267 Å². The third-order valence-corrected chi connectivity index (χ3v) is 18.2. The Morgan fingerprint density at radius 3 is 1.51 bits per heavy atom. The first-order chi connectivity index (χ1) is 40.5. The normalized spacial score (nSPS) is 15.1. The minimum atomic E-state index is -3.78. The lowest BCUT2D eigenvalue weighted by Gasteiger charge is -2.34. The van der Waals surface area contributed by atoms with Gasteiger partial charge in [0.25, 0.3) is 0 Å². The number of hydrogen-bond acceptors (Lipinski definition) is 0. The average Bonchev–Trinajstić information content (AvgIpc) is 1.59. The second-order valence-corrected chi connectivity index (χ2v) is 20.9. The van der Waals surface area contributed by atoms with Crippen molar-refractivity contribution in [2.45, 2.75) is 0 Å². The van der Waals surface area contributed by atoms with Crippen molar-refractivity contribution in [3.63, 3.8) is 0 Å². The zero-order valence-corrected chi connectivity index (χ0v) is 37.6. The summed E-state index contributed by atoms with van der Waals surface area (Å²) in [4.78, 5) is 0. The fourth-order valence-corrected chi connectivity index (χ4v) is 15.3. The van der Waals surface area contributed by atoms with Gasteiger partial charge in [-0.2, -0.15) is 0 Å². The van der Waals surface area contributed by atoms with Crippen LogP contribution in [0.1, 0.15) is 20.6 Å². The van der Waals surface area contributed by atoms with Crippen molar-refractivity contribution >= 4 is 105 Å². The predicted octanol–water partition coefficient (Wildman–Crippen LogP) is 14.4. The van der Waals surface area contributed by atoms with E-state index >= 15 is 0 Å². The molecule has 0 atom stereocenters. The molecule has 0 N–H and O–H groups in total. The standard InChI is InChI=1S/C66H44N2Si/c1-5-20-45(21-6-1)46-22-19-23-47(42-46)67-61-35-18-17-33-56(61)59-43-48(36-39-62(59)67)68-63-40-37-52(69(49-24-7-2-8-25-49,50-26-9-3-10-27-50)51-28-11-4-12-29-51)44-60(63)66-64(68)41-38-58-55-32-14-13-30-53(55)54-31-15-16-34-57(54)65(58)66/h1-44H/i1D,5D,6D,17D,18D,20D,21D,33D,35D,36D,37D,39D,40D,43D,44D. The summed E-state index contributed by atoms with van der Waals surface area (Å²) in [6, 6.07) is 48.6. The van der Waals surface area contributed by atoms with Gasteiger partial charge in [0.05, 0.1) is 42.6 Å². The van der Waals surface area contributed by atoms with Crippen LogP contribution in [-0.4, -0.2) is 17.2 Å². The third-order valence-electron chi connectivity index (χ3n) is 13.7. The number of hydrogen-bond donors (Lipinski definition) is 0. The lowest BCUT2D eigenvalue weighted by atomic mass is 9.92. The van der Waals surface area contributed by atoms with Crippen molar-refractivity contribution in [1.29, 1.82) is 0 Å². The Labute approximate surface area is 422 Å². The number of fused-ring (bicyclic) bond motifs is 13. The molecule has 2 aromatic heterocycles. The minimum Gasteiger partial charge on any atom is -0.309 e. The molecular weight excluding hydrogens is 849 g/mol. The van der Waals surface area contributed by atoms with Crippen LogP contribution in [0.25, 0.3) is 98.4 Å². The van der Waals surface area contributed by atoms with Crippen LogP contribution in [0.15, 0.2) is 267 Å². The molecule has 0 saturated heterocycles. The highest BCUT2D eigenvalue weighted by Gasteiger charge is 2.41. The van der Waals surface area contributed by atoms with Crippen LogP contribution >= 0.6 is 0 Å². The summed E-state index contributed by atoms with van der Waals surface area (Å²) in [5, 5.41) is 8.70. The first-order valence-electron chi connectivity index (χ1n) is 30.2. The zero-order valence-electron chi connectivity index (χ0n) is 51.6. The summed E-state index contributed by atoms with van der Waals surface area (Å²) >= 11 is 0. The highest BCUT2D eigenvalue weighted by Crippen LogP contribution is 2.44. The molecule has 0 aliphatic heterocycles. The monoisotopic (exact) mass is 907 g/mol. The molecule has 0 aliphatic carbocycles. The van der Waals surface area contributed by atoms with Gasteiger partial charge in [-0.3, -0.25) is 0 Å². The van der Waals surface area contributed by atoms with E-state index in [9.17, 15) is 11.0 Å². The van der Waals surface area contributed by atoms with Crippen molar-refractivity contribution in [3.8, 4) is 22.5 Å². The van der Waals surface area contributed by atoms with E-state index < -0.39 is 80.6 Å². The number of rotatable bonds is 7. The zero-order chi connectivity index (χ0) is 58.5. The number of nitrogens with zero attached hydrogens (tertiary/aromatic N) is 2. The summed E-state index contributed by atoms with van der Waals surface area (Å²) in [7, 11) is -3.78. The van der Waals surface area contributed by atoms with Crippen LogP contribution in [-0.2, 0) is 0 Å². The fourth-order valence-electron chi connectivity index (χ4n) is 10.8. The van der Waals surface area contributed by atoms with Crippen molar-refractivity contribution < 1.29 is 20.6 Å². The third kappa shape index (κ3) is 5.91. The maximum Gasteiger partial charge on any atom is 0.179 e. The summed E-state index contributed by atoms with van der Waals surface area (Å²) in [6.07, 6.45) is 0. The van der Waals surface area contributed by atoms with Crippen LogP contribution in [0.2, 0.25) is 0 Å². The molecule has 3 heteroatoms. The second kappa shape index (κ2) is 15.7. The van der Waals surface area contributed by atoms with Gasteiger partial charge in [-0.05, 0) is 107 Å². The molecule has 12 aromatic carbocycles. The van der Waals surface area contributed by atoms with Gasteiger partial charge in [-0.25, -0.2) is 0 Å². The van der Waals surface area contributed by atoms with Gasteiger partial charge in [0, 0.05) is 38.3 Å². The van der Waals surface area contributed by atoms with E-state index in [0.717, 1.165) is 47.9 Å². The summed E-state index contributed by atoms with van der Waals surface area (Å²) < 4.78 is 146. The maximum absolute atomic E-state index is 11.1. The molecule has 0 fully saturated rings. The van der Waals surface area contributed by atoms with Gasteiger partial charge in [-0.15, -0.1) is 0 Å². The quantitative estimate of drug-likeness (QED) is 0.0857. The number of aromatic nitrogens is 2. The molecule has 2 nitrogen and oxygen atoms in total. The van der Waals surface area contributed by atoms with Crippen LogP contribution in [0.5, 0.6) is 0 Å². The summed E-state index contributed by atoms with van der Waals surface area (Å²) in [5.41, 5.74) is 0.0613. The molecule has 14 aromatic rings. The first kappa shape index (κ1) is 27.1. The van der Waals surface area contributed by atoms with E-state index in [-0.39, 0.29) is 73.3 Å². The highest BCUT2D eigenvalue weighted by molar-refractivity contribution is 7.20. The lowest BCUT2D eigenvalue weighted by molar-refractivity contribution is 1.17. The molecule has 322 valence electrons. The van der Waals surface area contributed by atoms with Crippen molar-refractivity contribution in [2.75, 3.05) is 0 Å². The summed E-state index contributed by atoms with van der Waals surface area (Å²) in [5.74, 6) is 0. The molecule has 0 spiro atoms. The van der Waals surface area contributed by atoms with Crippen molar-refractivity contribution in [2.24, 2.45) is 0 Å². The van der Waals surface area contributed by atoms with E-state index in [4.69, 9.17) is 9.60 Å². The molecule has 0 unspecified atom stereocenters. The van der Waals surface area contributed by atoms with Gasteiger partial charge < -0.3 is 9.13 Å². The number of para-hydroxylation sites is 1. The smallest absolute Gasteiger partial charge is 0.179 e. The maximum atomic E-state index is 11.1. The van der Waals surface area contributed by atoms with Gasteiger partial charge in [-0.1, -0.05) is 218 Å². The molecule has 0 bridgehead atoms. The van der Waals surface area contributed by atoms with E-state index in [1.807, 2.05) is 146 Å². The molecule has 0 saturated carbocycles. The van der Waals surface area contributed by atoms with Gasteiger partial charge in [0.15, 0.2) is 8.07 Å². The van der Waals surface area contributed by atoms with Gasteiger partial charge in [0.1, 0.15) is 0 Å². The Bertz CT molecular complexity index is 5040. The highest BCUT2D eigenvalue weighted by atomic mass is 28.3. The Balaban J connectivity index is 1.19. The second-order valence-electron chi connectivity index (χ2n) is 17.2. The van der Waals surface area contributed by atoms with Gasteiger partial charge >= 0.3 is 0 Å². The molecule has 14 rings (SSSR count). The molecule has 0 amide bonds. The molecule has 2 heterocycles. The molecule has 69 heavy (non-hydrogen) atoms. The number of benzene rings is 12. The molecule has 0 aliphatic rings. The minimum absolute atomic E-state index is 0.0299. The van der Waals surface area contributed by atoms with E-state index in [0.29, 0.717) is 16.1 Å². The predicted molar refractivity (Wildman–Crippen MR) is 297 cm³/mol. The SMILES string of the molecule is [2H]c1c([2H])c([2H])c(-c2cccc(-n3c4c([2H])c([2H])c([2H])c([2H])c4c4c([2H])c(-n5c6ccc7c8ccccc8c8ccccc8c7c6c6c([2H])c([Si](c7ccccc7)(c7ccccc7)c7ccccc7)c([2H])c([2H])c65)c([2H])c([2H])c43)c2)c([2H])c1[2H]. The van der Waals surface area contributed by atoms with Crippen LogP contribution < -0.4 is 20.7 Å². The first-order valence-corrected chi connectivity index (χ1v) is 24.7. The van der Waals surface area contributed by atoms with Crippen LogP contribution in [0.3, 0.4) is 0 Å². The lowest BCUT2D eigenvalue weighted by Crippen LogP contribution is -2.74. The largest absolute Gasteiger partial charge is 0.309 e. The Morgan fingerprint density at radius 1 is 0.290 bits per heavy atom. The van der Waals surface area contributed by atoms with Crippen LogP contribution in [0, 0.1) is 0 Å². The topological polar surface area (TPSA) is 9.86 Å². The summed E-state index contributed by atoms with van der Waals surface area (Å²) in [6.45, 7) is 0. The molecule has 0 radical (unpaired) electrons. The van der Waals surface area contributed by atoms with Crippen LogP contribution in [0.4, 0.5) is 0 Å². The van der Waals surface area contributed by atoms with E-state index in [1.165, 1.54) is 10.6 Å². The van der Waals surface area contributed by atoms with Crippen molar-refractivity contribution in [1.82, 2.24) is 9.13 Å². The Hall–Kier alpha value is -8.76. The Kier molecular flexibility index (Phi) is 6.16. The fraction of sp³-hybridized carbons (Fsp3) is 0.